The molecule has 1 aromatic rings. The molecule has 0 heterocycles. The van der Waals surface area contributed by atoms with Crippen molar-refractivity contribution in [2.45, 2.75) is 26.3 Å². The number of carbonyl (C=O) groups is 1. The Morgan fingerprint density at radius 3 is 2.68 bits per heavy atom. The number of methoxy groups -OCH3 is 1. The minimum atomic E-state index is -0.425. The molecule has 0 aromatic heterocycles. The van der Waals surface area contributed by atoms with Gasteiger partial charge in [-0.05, 0) is 24.5 Å². The van der Waals surface area contributed by atoms with Gasteiger partial charge in [0.15, 0.2) is 0 Å². The van der Waals surface area contributed by atoms with Crippen molar-refractivity contribution < 1.29 is 14.3 Å². The molecule has 0 amide bonds. The third-order valence-electron chi connectivity index (χ3n) is 2.92. The van der Waals surface area contributed by atoms with Crippen molar-refractivity contribution in [3.05, 3.63) is 35.4 Å². The second kappa shape index (κ2) is 8.67. The second-order valence-electron chi connectivity index (χ2n) is 4.18. The van der Waals surface area contributed by atoms with Gasteiger partial charge >= 0.3 is 5.97 Å². The standard InChI is InChI=1S/C15H23NO3/c1-4-12-8-6-7-9-13(12)14(15(17)19-5-2)16-10-11-18-3/h6-9,14,16H,4-5,10-11H2,1-3H3. The third-order valence-corrected chi connectivity index (χ3v) is 2.92. The quantitative estimate of drug-likeness (QED) is 0.577. The molecule has 0 aliphatic heterocycles. The summed E-state index contributed by atoms with van der Waals surface area (Å²) in [5.74, 6) is -0.237. The van der Waals surface area contributed by atoms with E-state index in [0.717, 1.165) is 17.5 Å². The van der Waals surface area contributed by atoms with E-state index in [2.05, 4.69) is 12.2 Å². The van der Waals surface area contributed by atoms with Gasteiger partial charge in [0.05, 0.1) is 13.2 Å². The summed E-state index contributed by atoms with van der Waals surface area (Å²) in [6.07, 6.45) is 0.887. The van der Waals surface area contributed by atoms with Crippen LogP contribution in [0.5, 0.6) is 0 Å². The average molecular weight is 265 g/mol. The lowest BCUT2D eigenvalue weighted by atomic mass is 9.98. The number of nitrogens with one attached hydrogen (secondary N) is 1. The van der Waals surface area contributed by atoms with Gasteiger partial charge < -0.3 is 9.47 Å². The van der Waals surface area contributed by atoms with Crippen molar-refractivity contribution in [2.75, 3.05) is 26.9 Å². The summed E-state index contributed by atoms with van der Waals surface area (Å²) in [5, 5.41) is 3.20. The normalized spacial score (nSPS) is 12.2. The molecule has 0 radical (unpaired) electrons. The van der Waals surface area contributed by atoms with Crippen molar-refractivity contribution >= 4 is 5.97 Å². The van der Waals surface area contributed by atoms with Crippen molar-refractivity contribution in [1.82, 2.24) is 5.32 Å². The molecule has 4 nitrogen and oxygen atoms in total. The van der Waals surface area contributed by atoms with Gasteiger partial charge in [0.1, 0.15) is 6.04 Å². The summed E-state index contributed by atoms with van der Waals surface area (Å²) < 4.78 is 10.2. The molecule has 4 heteroatoms. The van der Waals surface area contributed by atoms with Gasteiger partial charge in [0, 0.05) is 13.7 Å². The van der Waals surface area contributed by atoms with Crippen LogP contribution in [-0.4, -0.2) is 32.8 Å². The van der Waals surface area contributed by atoms with E-state index in [1.807, 2.05) is 31.2 Å². The molecule has 0 saturated heterocycles. The molecular weight excluding hydrogens is 242 g/mol. The van der Waals surface area contributed by atoms with Crippen molar-refractivity contribution in [2.24, 2.45) is 0 Å². The SMILES string of the molecule is CCOC(=O)C(NCCOC)c1ccccc1CC. The lowest BCUT2D eigenvalue weighted by Crippen LogP contribution is -2.33. The molecule has 0 aliphatic carbocycles. The highest BCUT2D eigenvalue weighted by Crippen LogP contribution is 2.20. The minimum Gasteiger partial charge on any atom is -0.465 e. The number of hydrogen-bond donors (Lipinski definition) is 1. The van der Waals surface area contributed by atoms with Gasteiger partial charge in [-0.25, -0.2) is 4.79 Å². The van der Waals surface area contributed by atoms with Gasteiger partial charge in [0.2, 0.25) is 0 Å². The maximum Gasteiger partial charge on any atom is 0.327 e. The molecule has 1 aromatic carbocycles. The monoisotopic (exact) mass is 265 g/mol. The Balaban J connectivity index is 2.90. The van der Waals surface area contributed by atoms with Crippen LogP contribution in [0.15, 0.2) is 24.3 Å². The fraction of sp³-hybridized carbons (Fsp3) is 0.533. The Kier molecular flexibility index (Phi) is 7.15. The number of esters is 1. The summed E-state index contributed by atoms with van der Waals surface area (Å²) in [7, 11) is 1.64. The van der Waals surface area contributed by atoms with Gasteiger partial charge in [0.25, 0.3) is 0 Å². The highest BCUT2D eigenvalue weighted by molar-refractivity contribution is 5.78. The molecule has 106 valence electrons. The van der Waals surface area contributed by atoms with Crippen molar-refractivity contribution in [3.8, 4) is 0 Å². The summed E-state index contributed by atoms with van der Waals surface area (Å²) in [6.45, 7) is 5.45. The molecular formula is C15H23NO3. The first-order chi connectivity index (χ1) is 9.24. The predicted octanol–water partition coefficient (Wildman–Crippen LogP) is 2.09. The first-order valence-corrected chi connectivity index (χ1v) is 6.71. The highest BCUT2D eigenvalue weighted by Gasteiger charge is 2.23. The predicted molar refractivity (Wildman–Crippen MR) is 75.1 cm³/mol. The largest absolute Gasteiger partial charge is 0.465 e. The van der Waals surface area contributed by atoms with Crippen LogP contribution in [0.1, 0.15) is 31.0 Å². The third kappa shape index (κ3) is 4.65. The maximum atomic E-state index is 12.1. The van der Waals surface area contributed by atoms with Crippen LogP contribution >= 0.6 is 0 Å². The van der Waals surface area contributed by atoms with E-state index in [0.29, 0.717) is 19.8 Å². The van der Waals surface area contributed by atoms with E-state index < -0.39 is 6.04 Å². The Labute approximate surface area is 115 Å². The number of carbonyl (C=O) groups excluding carboxylic acids is 1. The van der Waals surface area contributed by atoms with Crippen LogP contribution in [0.25, 0.3) is 0 Å². The lowest BCUT2D eigenvalue weighted by Gasteiger charge is -2.20. The zero-order chi connectivity index (χ0) is 14.1. The number of ether oxygens (including phenoxy) is 2. The van der Waals surface area contributed by atoms with E-state index in [9.17, 15) is 4.79 Å². The number of hydrogen-bond acceptors (Lipinski definition) is 4. The molecule has 19 heavy (non-hydrogen) atoms. The van der Waals surface area contributed by atoms with E-state index in [1.165, 1.54) is 0 Å². The summed E-state index contributed by atoms with van der Waals surface area (Å²) in [6, 6.07) is 7.52. The summed E-state index contributed by atoms with van der Waals surface area (Å²) >= 11 is 0. The Morgan fingerprint density at radius 2 is 2.05 bits per heavy atom. The average Bonchev–Trinajstić information content (AvgIpc) is 2.44. The van der Waals surface area contributed by atoms with Gasteiger partial charge in [-0.2, -0.15) is 0 Å². The van der Waals surface area contributed by atoms with E-state index in [1.54, 1.807) is 7.11 Å². The van der Waals surface area contributed by atoms with Crippen LogP contribution < -0.4 is 5.32 Å². The van der Waals surface area contributed by atoms with Gasteiger partial charge in [-0.15, -0.1) is 0 Å². The number of benzene rings is 1. The lowest BCUT2D eigenvalue weighted by molar-refractivity contribution is -0.145. The molecule has 1 atom stereocenters. The number of aryl methyl sites for hydroxylation is 1. The first-order valence-electron chi connectivity index (χ1n) is 6.71. The molecule has 0 saturated carbocycles. The van der Waals surface area contributed by atoms with Crippen LogP contribution in [-0.2, 0) is 20.7 Å². The van der Waals surface area contributed by atoms with Crippen molar-refractivity contribution in [1.29, 1.82) is 0 Å². The summed E-state index contributed by atoms with van der Waals surface area (Å²) in [5.41, 5.74) is 2.14. The first kappa shape index (κ1) is 15.7. The van der Waals surface area contributed by atoms with Crippen LogP contribution in [0.4, 0.5) is 0 Å². The van der Waals surface area contributed by atoms with Crippen molar-refractivity contribution in [3.63, 3.8) is 0 Å². The molecule has 1 rings (SSSR count). The molecule has 1 unspecified atom stereocenters. The van der Waals surface area contributed by atoms with E-state index in [4.69, 9.17) is 9.47 Å². The summed E-state index contributed by atoms with van der Waals surface area (Å²) in [4.78, 5) is 12.1. The van der Waals surface area contributed by atoms with Gasteiger partial charge in [-0.3, -0.25) is 5.32 Å². The second-order valence-corrected chi connectivity index (χ2v) is 4.18. The Hall–Kier alpha value is -1.39. The van der Waals surface area contributed by atoms with E-state index in [-0.39, 0.29) is 5.97 Å². The van der Waals surface area contributed by atoms with Crippen LogP contribution in [0.3, 0.4) is 0 Å². The highest BCUT2D eigenvalue weighted by atomic mass is 16.5. The zero-order valence-electron chi connectivity index (χ0n) is 11.9. The smallest absolute Gasteiger partial charge is 0.327 e. The molecule has 0 spiro atoms. The molecule has 1 N–H and O–H groups in total. The Bertz CT molecular complexity index is 393. The fourth-order valence-electron chi connectivity index (χ4n) is 1.99. The molecule has 0 fully saturated rings. The zero-order valence-corrected chi connectivity index (χ0v) is 11.9. The molecule has 0 bridgehead atoms. The van der Waals surface area contributed by atoms with Gasteiger partial charge in [-0.1, -0.05) is 31.2 Å². The topological polar surface area (TPSA) is 47.6 Å². The maximum absolute atomic E-state index is 12.1. The number of rotatable bonds is 8. The van der Waals surface area contributed by atoms with Crippen LogP contribution in [0.2, 0.25) is 0 Å². The minimum absolute atomic E-state index is 0.237. The fourth-order valence-corrected chi connectivity index (χ4v) is 1.99. The van der Waals surface area contributed by atoms with Crippen LogP contribution in [0, 0.1) is 0 Å². The van der Waals surface area contributed by atoms with E-state index >= 15 is 0 Å². The molecule has 0 aliphatic rings. The Morgan fingerprint density at radius 1 is 1.32 bits per heavy atom.